The molecule has 4 fully saturated rings. The van der Waals surface area contributed by atoms with Crippen molar-refractivity contribution in [3.8, 4) is 0 Å². The van der Waals surface area contributed by atoms with Gasteiger partial charge in [0.15, 0.2) is 0 Å². The van der Waals surface area contributed by atoms with E-state index in [4.69, 9.17) is 0 Å². The minimum absolute atomic E-state index is 0.255. The summed E-state index contributed by atoms with van der Waals surface area (Å²) in [6.07, 6.45) is 18.5. The highest BCUT2D eigenvalue weighted by Crippen LogP contribution is 2.68. The minimum Gasteiger partial charge on any atom is -0.390 e. The molecule has 0 saturated heterocycles. The maximum Gasteiger partial charge on any atom is 0.0657 e. The quantitative estimate of drug-likeness (QED) is 0.439. The zero-order valence-electron chi connectivity index (χ0n) is 22.9. The molecule has 192 valence electrons. The fraction of sp³-hybridized carbons (Fsp3) is 0.875. The maximum absolute atomic E-state index is 11.2. The maximum atomic E-state index is 11.2. The van der Waals surface area contributed by atoms with Gasteiger partial charge in [0.2, 0.25) is 0 Å². The van der Waals surface area contributed by atoms with Crippen LogP contribution in [0.1, 0.15) is 125 Å². The Bertz CT molecular complexity index is 839. The average molecular weight is 469 g/mol. The third-order valence-electron chi connectivity index (χ3n) is 12.3. The van der Waals surface area contributed by atoms with Crippen molar-refractivity contribution in [3.63, 3.8) is 0 Å². The van der Waals surface area contributed by atoms with E-state index in [-0.39, 0.29) is 5.41 Å². The van der Waals surface area contributed by atoms with Crippen molar-refractivity contribution in [2.45, 2.75) is 136 Å². The summed E-state index contributed by atoms with van der Waals surface area (Å²) in [6.45, 7) is 16.5. The van der Waals surface area contributed by atoms with Gasteiger partial charge in [0.25, 0.3) is 0 Å². The first-order valence-electron chi connectivity index (χ1n) is 14.6. The van der Waals surface area contributed by atoms with Crippen LogP contribution in [0, 0.1) is 39.9 Å². The summed E-state index contributed by atoms with van der Waals surface area (Å²) in [5.41, 5.74) is 3.01. The second-order valence-electron chi connectivity index (χ2n) is 15.2. The van der Waals surface area contributed by atoms with E-state index >= 15 is 0 Å². The molecule has 34 heavy (non-hydrogen) atoms. The summed E-state index contributed by atoms with van der Waals surface area (Å²) in [4.78, 5) is 0. The number of hydrogen-bond acceptors (Lipinski definition) is 2. The Kier molecular flexibility index (Phi) is 6.05. The van der Waals surface area contributed by atoms with Crippen LogP contribution in [-0.4, -0.2) is 21.4 Å². The lowest BCUT2D eigenvalue weighted by atomic mass is 9.46. The van der Waals surface area contributed by atoms with Crippen molar-refractivity contribution in [2.75, 3.05) is 0 Å². The molecule has 5 aliphatic carbocycles. The third-order valence-corrected chi connectivity index (χ3v) is 12.3. The molecular weight excluding hydrogens is 416 g/mol. The highest BCUT2D eigenvalue weighted by molar-refractivity contribution is 5.38. The summed E-state index contributed by atoms with van der Waals surface area (Å²) >= 11 is 0. The van der Waals surface area contributed by atoms with E-state index in [2.05, 4.69) is 40.3 Å². The van der Waals surface area contributed by atoms with E-state index in [1.807, 2.05) is 6.92 Å². The highest BCUT2D eigenvalue weighted by Gasteiger charge is 2.59. The van der Waals surface area contributed by atoms with Gasteiger partial charge in [-0.05, 0) is 130 Å². The van der Waals surface area contributed by atoms with Crippen LogP contribution in [-0.2, 0) is 0 Å². The van der Waals surface area contributed by atoms with E-state index in [0.717, 1.165) is 50.4 Å². The Hall–Kier alpha value is -0.600. The molecule has 4 saturated carbocycles. The second kappa shape index (κ2) is 8.20. The largest absolute Gasteiger partial charge is 0.390 e. The van der Waals surface area contributed by atoms with Crippen LogP contribution in [0.5, 0.6) is 0 Å². The van der Waals surface area contributed by atoms with Crippen molar-refractivity contribution in [3.05, 3.63) is 23.8 Å². The van der Waals surface area contributed by atoms with Crippen molar-refractivity contribution in [2.24, 2.45) is 39.9 Å². The Morgan fingerprint density at radius 2 is 1.56 bits per heavy atom. The first kappa shape index (κ1) is 25.1. The molecule has 5 aliphatic rings. The Morgan fingerprint density at radius 3 is 2.26 bits per heavy atom. The first-order chi connectivity index (χ1) is 15.8. The molecule has 0 radical (unpaired) electrons. The number of hydrogen-bond donors (Lipinski definition) is 2. The van der Waals surface area contributed by atoms with E-state index in [1.54, 1.807) is 0 Å². The van der Waals surface area contributed by atoms with Crippen LogP contribution in [0.4, 0.5) is 0 Å². The number of rotatable bonds is 4. The van der Waals surface area contributed by atoms with Crippen LogP contribution in [0.3, 0.4) is 0 Å². The topological polar surface area (TPSA) is 40.5 Å². The molecule has 2 heteroatoms. The van der Waals surface area contributed by atoms with Crippen LogP contribution in [0.2, 0.25) is 0 Å². The smallest absolute Gasteiger partial charge is 0.0657 e. The molecule has 0 aromatic heterocycles. The standard InChI is InChI=1S/C32H52O2/c1-22-20-24-21-29(4,33)16-17-31(24,6)26-11-13-30(5)23(9-10-25(30)27(22)26)8-7-12-32(34)18-14-28(2,3)15-19-32/h20,23,25-27,33-34H,1,7-19,21H2,2-6H3/t23?,25?,26?,27?,29-,30?,31?/m0/s1. The monoisotopic (exact) mass is 468 g/mol. The zero-order chi connectivity index (χ0) is 24.6. The summed E-state index contributed by atoms with van der Waals surface area (Å²) in [5.74, 6) is 2.91. The number of allylic oxidation sites excluding steroid dienone is 2. The fourth-order valence-electron chi connectivity index (χ4n) is 9.62. The minimum atomic E-state index is -0.543. The molecule has 0 heterocycles. The molecule has 0 bridgehead atoms. The third kappa shape index (κ3) is 4.17. The molecule has 0 aromatic carbocycles. The van der Waals surface area contributed by atoms with Crippen molar-refractivity contribution in [1.29, 1.82) is 0 Å². The molecule has 6 unspecified atom stereocenters. The zero-order valence-corrected chi connectivity index (χ0v) is 22.9. The molecule has 0 aromatic rings. The Morgan fingerprint density at radius 1 is 0.853 bits per heavy atom. The van der Waals surface area contributed by atoms with Gasteiger partial charge in [-0.1, -0.05) is 57.9 Å². The average Bonchev–Trinajstić information content (AvgIpc) is 3.08. The molecule has 2 nitrogen and oxygen atoms in total. The predicted octanol–water partition coefficient (Wildman–Crippen LogP) is 7.98. The molecule has 0 aliphatic heterocycles. The van der Waals surface area contributed by atoms with Crippen LogP contribution < -0.4 is 0 Å². The molecule has 2 N–H and O–H groups in total. The van der Waals surface area contributed by atoms with Crippen LogP contribution >= 0.6 is 0 Å². The summed E-state index contributed by atoms with van der Waals surface area (Å²) in [6, 6.07) is 0. The van der Waals surface area contributed by atoms with E-state index < -0.39 is 11.2 Å². The van der Waals surface area contributed by atoms with Gasteiger partial charge < -0.3 is 10.2 Å². The van der Waals surface area contributed by atoms with Gasteiger partial charge in [0.05, 0.1) is 11.2 Å². The van der Waals surface area contributed by atoms with Gasteiger partial charge in [-0.15, -0.1) is 0 Å². The van der Waals surface area contributed by atoms with Gasteiger partial charge >= 0.3 is 0 Å². The highest BCUT2D eigenvalue weighted by atomic mass is 16.3. The van der Waals surface area contributed by atoms with Gasteiger partial charge in [-0.2, -0.15) is 0 Å². The summed E-state index contributed by atoms with van der Waals surface area (Å²) < 4.78 is 0. The first-order valence-corrected chi connectivity index (χ1v) is 14.6. The lowest BCUT2D eigenvalue weighted by Gasteiger charge is -2.59. The number of fused-ring (bicyclic) bond motifs is 5. The van der Waals surface area contributed by atoms with Crippen LogP contribution in [0.25, 0.3) is 0 Å². The summed E-state index contributed by atoms with van der Waals surface area (Å²) in [7, 11) is 0. The Labute approximate surface area is 209 Å². The molecular formula is C32H52O2. The SMILES string of the molecule is C=C1C=C2C[C@@](C)(O)CCC2(C)C2CCC3(C)C(CCCC4(O)CCC(C)(C)CC4)CCC3C12. The van der Waals surface area contributed by atoms with Crippen LogP contribution in [0.15, 0.2) is 23.8 Å². The van der Waals surface area contributed by atoms with E-state index in [0.29, 0.717) is 22.7 Å². The lowest BCUT2D eigenvalue weighted by molar-refractivity contribution is -0.0553. The van der Waals surface area contributed by atoms with Crippen molar-refractivity contribution in [1.82, 2.24) is 0 Å². The molecule has 5 rings (SSSR count). The van der Waals surface area contributed by atoms with Gasteiger partial charge in [0, 0.05) is 0 Å². The van der Waals surface area contributed by atoms with E-state index in [1.165, 1.54) is 62.5 Å². The second-order valence-corrected chi connectivity index (χ2v) is 15.2. The van der Waals surface area contributed by atoms with Gasteiger partial charge in [0.1, 0.15) is 0 Å². The summed E-state index contributed by atoms with van der Waals surface area (Å²) in [5, 5.41) is 22.0. The number of aliphatic hydroxyl groups is 2. The fourth-order valence-corrected chi connectivity index (χ4v) is 9.62. The lowest BCUT2D eigenvalue weighted by Crippen LogP contribution is -2.52. The normalized spacial score (nSPS) is 47.4. The molecule has 0 spiro atoms. The van der Waals surface area contributed by atoms with Gasteiger partial charge in [-0.25, -0.2) is 0 Å². The predicted molar refractivity (Wildman–Crippen MR) is 141 cm³/mol. The van der Waals surface area contributed by atoms with Crippen molar-refractivity contribution >= 4 is 0 Å². The van der Waals surface area contributed by atoms with E-state index in [9.17, 15) is 10.2 Å². The Balaban J connectivity index is 1.26. The molecule has 0 amide bonds. The van der Waals surface area contributed by atoms with Crippen molar-refractivity contribution < 1.29 is 10.2 Å². The van der Waals surface area contributed by atoms with Gasteiger partial charge in [-0.3, -0.25) is 0 Å². The molecule has 7 atom stereocenters.